The maximum Gasteiger partial charge on any atom is 0.242 e. The number of aromatic nitrogens is 4. The average Bonchev–Trinajstić information content (AvgIpc) is 2.74. The lowest BCUT2D eigenvalue weighted by Crippen LogP contribution is -2.54. The minimum Gasteiger partial charge on any atom is -0.353 e. The Morgan fingerprint density at radius 1 is 1.39 bits per heavy atom. The highest BCUT2D eigenvalue weighted by Crippen LogP contribution is 2.16. The predicted molar refractivity (Wildman–Crippen MR) is 65.3 cm³/mol. The number of nitrogens with one attached hydrogen (secondary N) is 1. The van der Waals surface area contributed by atoms with Crippen molar-refractivity contribution in [2.45, 2.75) is 19.9 Å². The van der Waals surface area contributed by atoms with Crippen LogP contribution in [0.4, 0.5) is 5.82 Å². The van der Waals surface area contributed by atoms with Crippen molar-refractivity contribution in [1.29, 1.82) is 0 Å². The molecule has 2 aromatic heterocycles. The van der Waals surface area contributed by atoms with Gasteiger partial charge in [-0.2, -0.15) is 4.52 Å². The van der Waals surface area contributed by atoms with Gasteiger partial charge in [0.2, 0.25) is 5.91 Å². The fourth-order valence-electron chi connectivity index (χ4n) is 2.14. The minimum atomic E-state index is -0.208. The number of hydrogen-bond donors (Lipinski definition) is 1. The predicted octanol–water partition coefficient (Wildman–Crippen LogP) is -0.243. The van der Waals surface area contributed by atoms with E-state index in [1.165, 1.54) is 0 Å². The van der Waals surface area contributed by atoms with E-state index in [9.17, 15) is 4.79 Å². The normalized spacial score (nSPS) is 20.2. The van der Waals surface area contributed by atoms with Gasteiger partial charge in [0, 0.05) is 13.1 Å². The molecule has 0 aromatic carbocycles. The Morgan fingerprint density at radius 3 is 3.06 bits per heavy atom. The van der Waals surface area contributed by atoms with Crippen LogP contribution in [0.2, 0.25) is 0 Å². The van der Waals surface area contributed by atoms with Crippen LogP contribution >= 0.6 is 0 Å². The monoisotopic (exact) mass is 246 g/mol. The van der Waals surface area contributed by atoms with E-state index in [2.05, 4.69) is 20.6 Å². The SMILES string of the molecule is Cc1nnc2ccc(N3CCNC(=O)[C@@H]3C)nn12. The lowest BCUT2D eigenvalue weighted by Gasteiger charge is -2.33. The van der Waals surface area contributed by atoms with Crippen molar-refractivity contribution >= 4 is 17.4 Å². The Labute approximate surface area is 104 Å². The molecule has 3 rings (SSSR count). The van der Waals surface area contributed by atoms with Crippen LogP contribution in [0.25, 0.3) is 5.65 Å². The molecule has 18 heavy (non-hydrogen) atoms. The lowest BCUT2D eigenvalue weighted by atomic mass is 10.2. The third kappa shape index (κ3) is 1.59. The van der Waals surface area contributed by atoms with Crippen molar-refractivity contribution in [2.75, 3.05) is 18.0 Å². The van der Waals surface area contributed by atoms with Gasteiger partial charge in [-0.15, -0.1) is 15.3 Å². The number of carbonyl (C=O) groups excluding carboxylic acids is 1. The summed E-state index contributed by atoms with van der Waals surface area (Å²) in [4.78, 5) is 13.6. The first-order valence-electron chi connectivity index (χ1n) is 5.90. The Bertz CT molecular complexity index is 607. The molecule has 7 nitrogen and oxygen atoms in total. The zero-order valence-electron chi connectivity index (χ0n) is 10.3. The van der Waals surface area contributed by atoms with Gasteiger partial charge in [-0.25, -0.2) is 0 Å². The standard InChI is InChI=1S/C11H14N6O/c1-7-11(18)12-5-6-16(7)10-4-3-9-14-13-8(2)17(9)15-10/h3-4,7H,5-6H2,1-2H3,(H,12,18)/t7-/m0/s1. The number of aryl methyl sites for hydroxylation is 1. The number of amides is 1. The first-order valence-corrected chi connectivity index (χ1v) is 5.90. The van der Waals surface area contributed by atoms with Crippen LogP contribution in [0.15, 0.2) is 12.1 Å². The molecule has 0 spiro atoms. The van der Waals surface area contributed by atoms with Gasteiger partial charge in [-0.3, -0.25) is 4.79 Å². The maximum atomic E-state index is 11.6. The van der Waals surface area contributed by atoms with Crippen LogP contribution in [0.3, 0.4) is 0 Å². The first-order chi connectivity index (χ1) is 8.66. The molecule has 0 unspecified atom stereocenters. The molecule has 3 heterocycles. The third-order valence-electron chi connectivity index (χ3n) is 3.20. The molecular weight excluding hydrogens is 232 g/mol. The molecule has 1 amide bonds. The molecule has 1 N–H and O–H groups in total. The molecule has 1 fully saturated rings. The lowest BCUT2D eigenvalue weighted by molar-refractivity contribution is -0.122. The highest BCUT2D eigenvalue weighted by molar-refractivity contribution is 5.85. The van der Waals surface area contributed by atoms with E-state index in [1.807, 2.05) is 30.9 Å². The minimum absolute atomic E-state index is 0.0311. The van der Waals surface area contributed by atoms with Crippen molar-refractivity contribution < 1.29 is 4.79 Å². The number of fused-ring (bicyclic) bond motifs is 1. The fraction of sp³-hybridized carbons (Fsp3) is 0.455. The molecule has 0 radical (unpaired) electrons. The number of rotatable bonds is 1. The highest BCUT2D eigenvalue weighted by Gasteiger charge is 2.26. The summed E-state index contributed by atoms with van der Waals surface area (Å²) in [5.41, 5.74) is 0.713. The fourth-order valence-corrected chi connectivity index (χ4v) is 2.14. The largest absolute Gasteiger partial charge is 0.353 e. The second-order valence-electron chi connectivity index (χ2n) is 4.37. The average molecular weight is 246 g/mol. The van der Waals surface area contributed by atoms with E-state index in [0.29, 0.717) is 12.2 Å². The Morgan fingerprint density at radius 2 is 2.22 bits per heavy atom. The van der Waals surface area contributed by atoms with Gasteiger partial charge in [-0.1, -0.05) is 0 Å². The molecule has 2 aromatic rings. The first kappa shape index (κ1) is 10.9. The topological polar surface area (TPSA) is 75.4 Å². The van der Waals surface area contributed by atoms with Crippen molar-refractivity contribution in [3.05, 3.63) is 18.0 Å². The van der Waals surface area contributed by atoms with Crippen LogP contribution in [0, 0.1) is 6.92 Å². The molecule has 1 atom stereocenters. The number of anilines is 1. The van der Waals surface area contributed by atoms with E-state index in [-0.39, 0.29) is 11.9 Å². The van der Waals surface area contributed by atoms with Crippen LogP contribution < -0.4 is 10.2 Å². The summed E-state index contributed by atoms with van der Waals surface area (Å²) in [6.45, 7) is 5.12. The second-order valence-corrected chi connectivity index (χ2v) is 4.37. The summed E-state index contributed by atoms with van der Waals surface area (Å²) < 4.78 is 1.69. The van der Waals surface area contributed by atoms with Gasteiger partial charge in [0.25, 0.3) is 0 Å². The molecule has 0 aliphatic carbocycles. The maximum absolute atomic E-state index is 11.6. The van der Waals surface area contributed by atoms with Crippen LogP contribution in [0.1, 0.15) is 12.7 Å². The number of piperazine rings is 1. The van der Waals surface area contributed by atoms with E-state index >= 15 is 0 Å². The van der Waals surface area contributed by atoms with Crippen molar-refractivity contribution in [1.82, 2.24) is 25.1 Å². The molecule has 0 bridgehead atoms. The van der Waals surface area contributed by atoms with E-state index in [1.54, 1.807) is 4.52 Å². The summed E-state index contributed by atoms with van der Waals surface area (Å²) >= 11 is 0. The second kappa shape index (κ2) is 3.94. The molecule has 1 aliphatic rings. The third-order valence-corrected chi connectivity index (χ3v) is 3.20. The quantitative estimate of drug-likeness (QED) is 0.751. The Balaban J connectivity index is 2.02. The molecular formula is C11H14N6O. The van der Waals surface area contributed by atoms with Gasteiger partial charge < -0.3 is 10.2 Å². The van der Waals surface area contributed by atoms with Gasteiger partial charge in [0.1, 0.15) is 11.9 Å². The van der Waals surface area contributed by atoms with Crippen molar-refractivity contribution in [3.63, 3.8) is 0 Å². The summed E-state index contributed by atoms with van der Waals surface area (Å²) in [6, 6.07) is 3.53. The summed E-state index contributed by atoms with van der Waals surface area (Å²) in [6.07, 6.45) is 0. The molecule has 0 saturated carbocycles. The zero-order valence-corrected chi connectivity index (χ0v) is 10.3. The van der Waals surface area contributed by atoms with Gasteiger partial charge in [0.05, 0.1) is 0 Å². The Hall–Kier alpha value is -2.18. The summed E-state index contributed by atoms with van der Waals surface area (Å²) in [7, 11) is 0. The number of nitrogens with zero attached hydrogens (tertiary/aromatic N) is 5. The number of hydrogen-bond acceptors (Lipinski definition) is 5. The van der Waals surface area contributed by atoms with Crippen molar-refractivity contribution in [3.8, 4) is 0 Å². The summed E-state index contributed by atoms with van der Waals surface area (Å²) in [5, 5.41) is 15.3. The van der Waals surface area contributed by atoms with Crippen LogP contribution in [-0.4, -0.2) is 44.8 Å². The van der Waals surface area contributed by atoms with Gasteiger partial charge in [-0.05, 0) is 26.0 Å². The highest BCUT2D eigenvalue weighted by atomic mass is 16.2. The summed E-state index contributed by atoms with van der Waals surface area (Å²) in [5.74, 6) is 1.54. The molecule has 94 valence electrons. The Kier molecular flexibility index (Phi) is 2.39. The van der Waals surface area contributed by atoms with Crippen LogP contribution in [0.5, 0.6) is 0 Å². The van der Waals surface area contributed by atoms with Crippen molar-refractivity contribution in [2.24, 2.45) is 0 Å². The van der Waals surface area contributed by atoms with E-state index in [4.69, 9.17) is 0 Å². The van der Waals surface area contributed by atoms with Gasteiger partial charge in [0.15, 0.2) is 11.5 Å². The molecule has 1 aliphatic heterocycles. The van der Waals surface area contributed by atoms with E-state index < -0.39 is 0 Å². The molecule has 7 heteroatoms. The number of carbonyl (C=O) groups is 1. The smallest absolute Gasteiger partial charge is 0.242 e. The molecule has 1 saturated heterocycles. The van der Waals surface area contributed by atoms with Crippen LogP contribution in [-0.2, 0) is 4.79 Å². The van der Waals surface area contributed by atoms with E-state index in [0.717, 1.165) is 18.2 Å². The van der Waals surface area contributed by atoms with Gasteiger partial charge >= 0.3 is 0 Å². The zero-order chi connectivity index (χ0) is 12.7.